The molecule has 2 unspecified atom stereocenters. The van der Waals surface area contributed by atoms with E-state index in [1.807, 2.05) is 6.07 Å². The first-order chi connectivity index (χ1) is 7.36. The number of halogens is 1. The third kappa shape index (κ3) is 1.53. The molecule has 1 aliphatic heterocycles. The fourth-order valence-corrected chi connectivity index (χ4v) is 3.38. The molecule has 0 bridgehead atoms. The second-order valence-electron chi connectivity index (χ2n) is 4.74. The van der Waals surface area contributed by atoms with E-state index < -0.39 is 0 Å². The van der Waals surface area contributed by atoms with Gasteiger partial charge in [-0.1, -0.05) is 36.6 Å². The van der Waals surface area contributed by atoms with Crippen molar-refractivity contribution in [3.05, 3.63) is 28.8 Å². The van der Waals surface area contributed by atoms with Crippen LogP contribution in [0.15, 0.2) is 18.2 Å². The maximum atomic E-state index is 6.21. The van der Waals surface area contributed by atoms with Crippen LogP contribution in [0.25, 0.3) is 0 Å². The molecule has 1 nitrogen and oxygen atoms in total. The molecule has 0 radical (unpaired) electrons. The minimum Gasteiger partial charge on any atom is -0.383 e. The van der Waals surface area contributed by atoms with Crippen molar-refractivity contribution in [3.63, 3.8) is 0 Å². The number of benzene rings is 1. The first-order valence-corrected chi connectivity index (χ1v) is 6.26. The molecule has 2 atom stereocenters. The summed E-state index contributed by atoms with van der Waals surface area (Å²) < 4.78 is 0. The van der Waals surface area contributed by atoms with Crippen molar-refractivity contribution in [3.8, 4) is 0 Å². The summed E-state index contributed by atoms with van der Waals surface area (Å²) in [6, 6.07) is 6.31. The fraction of sp³-hybridized carbons (Fsp3) is 0.538. The Morgan fingerprint density at radius 2 is 2.07 bits per heavy atom. The van der Waals surface area contributed by atoms with E-state index in [0.29, 0.717) is 0 Å². The second kappa shape index (κ2) is 3.71. The predicted molar refractivity (Wildman–Crippen MR) is 64.6 cm³/mol. The summed E-state index contributed by atoms with van der Waals surface area (Å²) in [6.07, 6.45) is 5.51. The summed E-state index contributed by atoms with van der Waals surface area (Å²) in [4.78, 5) is 0. The normalized spacial score (nSPS) is 28.9. The van der Waals surface area contributed by atoms with Gasteiger partial charge in [-0.25, -0.2) is 0 Å². The van der Waals surface area contributed by atoms with E-state index in [9.17, 15) is 0 Å². The van der Waals surface area contributed by atoms with Crippen LogP contribution in [0, 0.1) is 5.92 Å². The monoisotopic (exact) mass is 221 g/mol. The highest BCUT2D eigenvalue weighted by Gasteiger charge is 2.31. The molecule has 1 aromatic rings. The molecular formula is C13H16ClN. The van der Waals surface area contributed by atoms with Crippen molar-refractivity contribution in [1.29, 1.82) is 0 Å². The Balaban J connectivity index is 2.03. The third-order valence-corrected chi connectivity index (χ3v) is 4.21. The average molecular weight is 222 g/mol. The Bertz CT molecular complexity index is 375. The van der Waals surface area contributed by atoms with Gasteiger partial charge in [0.1, 0.15) is 0 Å². The molecular weight excluding hydrogens is 206 g/mol. The van der Waals surface area contributed by atoms with Crippen molar-refractivity contribution in [1.82, 2.24) is 0 Å². The van der Waals surface area contributed by atoms with Crippen LogP contribution in [0.3, 0.4) is 0 Å². The number of hydrogen-bond acceptors (Lipinski definition) is 1. The molecule has 1 heterocycles. The van der Waals surface area contributed by atoms with E-state index >= 15 is 0 Å². The van der Waals surface area contributed by atoms with Gasteiger partial charge >= 0.3 is 0 Å². The van der Waals surface area contributed by atoms with E-state index in [1.165, 1.54) is 36.9 Å². The molecule has 15 heavy (non-hydrogen) atoms. The Hall–Kier alpha value is -0.690. The third-order valence-electron chi connectivity index (χ3n) is 3.90. The summed E-state index contributed by atoms with van der Waals surface area (Å²) in [6.45, 7) is 1.11. The number of fused-ring (bicyclic) bond motifs is 3. The van der Waals surface area contributed by atoms with Crippen molar-refractivity contribution >= 4 is 17.3 Å². The van der Waals surface area contributed by atoms with Crippen molar-refractivity contribution in [2.24, 2.45) is 5.92 Å². The van der Waals surface area contributed by atoms with Gasteiger partial charge in [0, 0.05) is 6.54 Å². The Morgan fingerprint density at radius 3 is 3.00 bits per heavy atom. The molecule has 0 saturated heterocycles. The van der Waals surface area contributed by atoms with Gasteiger partial charge in [-0.05, 0) is 36.3 Å². The van der Waals surface area contributed by atoms with Gasteiger partial charge < -0.3 is 5.32 Å². The van der Waals surface area contributed by atoms with Gasteiger partial charge in [-0.2, -0.15) is 0 Å². The standard InChI is InChI=1S/C13H16ClN/c14-12-7-3-6-11-10-5-2-1-4-9(10)8-15-13(11)12/h3,6-7,9-10,15H,1-2,4-5,8H2. The van der Waals surface area contributed by atoms with E-state index in [0.717, 1.165) is 23.4 Å². The predicted octanol–water partition coefficient (Wildman–Crippen LogP) is 4.04. The lowest BCUT2D eigenvalue weighted by Crippen LogP contribution is -2.30. The Morgan fingerprint density at radius 1 is 1.20 bits per heavy atom. The summed E-state index contributed by atoms with van der Waals surface area (Å²) in [5, 5.41) is 4.38. The first kappa shape index (κ1) is 9.53. The molecule has 2 heteroatoms. The van der Waals surface area contributed by atoms with Crippen LogP contribution in [0.4, 0.5) is 5.69 Å². The Kier molecular flexibility index (Phi) is 2.36. The van der Waals surface area contributed by atoms with Gasteiger partial charge in [0.15, 0.2) is 0 Å². The van der Waals surface area contributed by atoms with E-state index in [1.54, 1.807) is 0 Å². The molecule has 2 aliphatic rings. The lowest BCUT2D eigenvalue weighted by Gasteiger charge is -2.38. The molecule has 3 rings (SSSR count). The summed E-state index contributed by atoms with van der Waals surface area (Å²) in [5.74, 6) is 1.60. The van der Waals surface area contributed by atoms with Crippen molar-refractivity contribution < 1.29 is 0 Å². The number of rotatable bonds is 0. The van der Waals surface area contributed by atoms with Crippen molar-refractivity contribution in [2.75, 3.05) is 11.9 Å². The van der Waals surface area contributed by atoms with Crippen molar-refractivity contribution in [2.45, 2.75) is 31.6 Å². The SMILES string of the molecule is Clc1cccc2c1NCC1CCCCC21. The largest absolute Gasteiger partial charge is 0.383 e. The topological polar surface area (TPSA) is 12.0 Å². The molecule has 0 aromatic heterocycles. The highest BCUT2D eigenvalue weighted by atomic mass is 35.5. The van der Waals surface area contributed by atoms with E-state index in [2.05, 4.69) is 17.4 Å². The molecule has 1 aliphatic carbocycles. The second-order valence-corrected chi connectivity index (χ2v) is 5.14. The van der Waals surface area contributed by atoms with Gasteiger partial charge in [0.05, 0.1) is 10.7 Å². The zero-order valence-electron chi connectivity index (χ0n) is 8.80. The zero-order valence-corrected chi connectivity index (χ0v) is 9.56. The van der Waals surface area contributed by atoms with Crippen LogP contribution in [0.2, 0.25) is 5.02 Å². The number of anilines is 1. The molecule has 1 aromatic carbocycles. The lowest BCUT2D eigenvalue weighted by molar-refractivity contribution is 0.313. The lowest BCUT2D eigenvalue weighted by atomic mass is 9.73. The van der Waals surface area contributed by atoms with Crippen LogP contribution >= 0.6 is 11.6 Å². The number of nitrogens with one attached hydrogen (secondary N) is 1. The van der Waals surface area contributed by atoms with Gasteiger partial charge in [0.25, 0.3) is 0 Å². The zero-order chi connectivity index (χ0) is 10.3. The highest BCUT2D eigenvalue weighted by molar-refractivity contribution is 6.33. The van der Waals surface area contributed by atoms with Gasteiger partial charge in [0.2, 0.25) is 0 Å². The molecule has 0 amide bonds. The maximum Gasteiger partial charge on any atom is 0.0640 e. The van der Waals surface area contributed by atoms with Crippen LogP contribution in [-0.2, 0) is 0 Å². The van der Waals surface area contributed by atoms with Crippen LogP contribution < -0.4 is 5.32 Å². The van der Waals surface area contributed by atoms with Crippen LogP contribution in [0.5, 0.6) is 0 Å². The fourth-order valence-electron chi connectivity index (χ4n) is 3.13. The minimum absolute atomic E-state index is 0.758. The summed E-state index contributed by atoms with van der Waals surface area (Å²) >= 11 is 6.21. The van der Waals surface area contributed by atoms with Gasteiger partial charge in [-0.3, -0.25) is 0 Å². The molecule has 0 spiro atoms. The smallest absolute Gasteiger partial charge is 0.0640 e. The first-order valence-electron chi connectivity index (χ1n) is 5.88. The number of hydrogen-bond donors (Lipinski definition) is 1. The van der Waals surface area contributed by atoms with E-state index in [-0.39, 0.29) is 0 Å². The molecule has 1 saturated carbocycles. The average Bonchev–Trinajstić information content (AvgIpc) is 2.29. The number of para-hydroxylation sites is 1. The summed E-state index contributed by atoms with van der Waals surface area (Å²) in [5.41, 5.74) is 2.65. The highest BCUT2D eigenvalue weighted by Crippen LogP contribution is 2.45. The van der Waals surface area contributed by atoms with Gasteiger partial charge in [-0.15, -0.1) is 0 Å². The molecule has 1 N–H and O–H groups in total. The minimum atomic E-state index is 0.758. The van der Waals surface area contributed by atoms with Crippen LogP contribution in [-0.4, -0.2) is 6.54 Å². The molecule has 1 fully saturated rings. The van der Waals surface area contributed by atoms with Crippen LogP contribution in [0.1, 0.15) is 37.2 Å². The maximum absolute atomic E-state index is 6.21. The Labute approximate surface area is 95.8 Å². The van der Waals surface area contributed by atoms with E-state index in [4.69, 9.17) is 11.6 Å². The summed E-state index contributed by atoms with van der Waals surface area (Å²) in [7, 11) is 0. The quantitative estimate of drug-likeness (QED) is 0.697. The molecule has 80 valence electrons.